The average molecular weight is 240 g/mol. The van der Waals surface area contributed by atoms with E-state index in [9.17, 15) is 13.2 Å². The van der Waals surface area contributed by atoms with E-state index in [1.165, 1.54) is 12.1 Å². The summed E-state index contributed by atoms with van der Waals surface area (Å²) < 4.78 is 28.1. The molecule has 0 aromatic heterocycles. The van der Waals surface area contributed by atoms with E-state index < -0.39 is 9.84 Å². The Balaban J connectivity index is 2.14. The number of rotatable bonds is 3. The topological polar surface area (TPSA) is 60.4 Å². The highest BCUT2D eigenvalue weighted by Crippen LogP contribution is 2.24. The number of sulfone groups is 1. The zero-order valence-corrected chi connectivity index (χ0v) is 9.66. The van der Waals surface area contributed by atoms with Gasteiger partial charge in [0.2, 0.25) is 0 Å². The fourth-order valence-corrected chi connectivity index (χ4v) is 2.16. The maximum atomic E-state index is 11.3. The molecule has 1 saturated carbocycles. The fraction of sp³-hybridized carbons (Fsp3) is 0.364. The Morgan fingerprint density at radius 1 is 1.31 bits per heavy atom. The van der Waals surface area contributed by atoms with E-state index in [4.69, 9.17) is 4.74 Å². The summed E-state index contributed by atoms with van der Waals surface area (Å²) in [5.41, 5.74) is 0. The Morgan fingerprint density at radius 2 is 2.00 bits per heavy atom. The number of carbonyl (C=O) groups excluding carboxylic acids is 1. The predicted molar refractivity (Wildman–Crippen MR) is 58.2 cm³/mol. The van der Waals surface area contributed by atoms with Crippen molar-refractivity contribution in [3.05, 3.63) is 24.3 Å². The molecule has 0 saturated heterocycles. The highest BCUT2D eigenvalue weighted by molar-refractivity contribution is 7.90. The van der Waals surface area contributed by atoms with Crippen LogP contribution in [0.15, 0.2) is 29.2 Å². The number of Topliss-reactive ketones (excluding diaryl/α,β-unsaturated/α-hetero) is 1. The van der Waals surface area contributed by atoms with E-state index in [0.717, 1.165) is 6.26 Å². The van der Waals surface area contributed by atoms with Gasteiger partial charge in [0.1, 0.15) is 17.6 Å². The third-order valence-corrected chi connectivity index (χ3v) is 3.56. The summed E-state index contributed by atoms with van der Waals surface area (Å²) in [4.78, 5) is 11.0. The molecule has 0 bridgehead atoms. The van der Waals surface area contributed by atoms with Gasteiger partial charge in [-0.2, -0.15) is 0 Å². The first-order chi connectivity index (χ1) is 7.45. The third kappa shape index (κ3) is 2.41. The van der Waals surface area contributed by atoms with Crippen LogP contribution < -0.4 is 4.74 Å². The highest BCUT2D eigenvalue weighted by atomic mass is 32.2. The van der Waals surface area contributed by atoms with Crippen molar-refractivity contribution in [1.82, 2.24) is 0 Å². The molecule has 1 fully saturated rings. The molecule has 0 spiro atoms. The van der Waals surface area contributed by atoms with Gasteiger partial charge in [-0.3, -0.25) is 4.79 Å². The molecule has 0 radical (unpaired) electrons. The van der Waals surface area contributed by atoms with E-state index in [1.807, 2.05) is 0 Å². The zero-order valence-electron chi connectivity index (χ0n) is 8.84. The lowest BCUT2D eigenvalue weighted by atomic mass is 9.94. The number of hydrogen-bond acceptors (Lipinski definition) is 4. The number of ether oxygens (including phenoxy) is 1. The smallest absolute Gasteiger partial charge is 0.175 e. The van der Waals surface area contributed by atoms with E-state index in [2.05, 4.69) is 0 Å². The minimum absolute atomic E-state index is 0.0951. The van der Waals surface area contributed by atoms with Crippen molar-refractivity contribution in [2.24, 2.45) is 0 Å². The van der Waals surface area contributed by atoms with Crippen molar-refractivity contribution in [3.63, 3.8) is 0 Å². The Morgan fingerprint density at radius 3 is 2.56 bits per heavy atom. The van der Waals surface area contributed by atoms with E-state index in [1.54, 1.807) is 12.1 Å². The molecule has 1 aromatic rings. The molecule has 1 aliphatic carbocycles. The first-order valence-corrected chi connectivity index (χ1v) is 6.83. The van der Waals surface area contributed by atoms with E-state index in [-0.39, 0.29) is 16.8 Å². The van der Waals surface area contributed by atoms with Crippen molar-refractivity contribution in [2.45, 2.75) is 23.8 Å². The minimum atomic E-state index is -3.21. The number of benzene rings is 1. The lowest BCUT2D eigenvalue weighted by molar-refractivity contribution is -0.129. The second-order valence-electron chi connectivity index (χ2n) is 3.93. The van der Waals surface area contributed by atoms with Crippen LogP contribution in [0, 0.1) is 0 Å². The molecule has 0 unspecified atom stereocenters. The SMILES string of the molecule is CS(=O)(=O)c1cccc(OC2CC(=O)C2)c1. The molecule has 1 aliphatic rings. The molecule has 86 valence electrons. The summed E-state index contributed by atoms with van der Waals surface area (Å²) >= 11 is 0. The molecule has 16 heavy (non-hydrogen) atoms. The summed E-state index contributed by atoms with van der Waals surface area (Å²) in [6.07, 6.45) is 1.90. The van der Waals surface area contributed by atoms with Crippen molar-refractivity contribution in [3.8, 4) is 5.75 Å². The van der Waals surface area contributed by atoms with Gasteiger partial charge < -0.3 is 4.74 Å². The first kappa shape index (κ1) is 11.1. The quantitative estimate of drug-likeness (QED) is 0.796. The highest BCUT2D eigenvalue weighted by Gasteiger charge is 2.28. The Bertz CT molecular complexity index is 511. The van der Waals surface area contributed by atoms with Gasteiger partial charge in [-0.15, -0.1) is 0 Å². The van der Waals surface area contributed by atoms with Crippen LogP contribution in [0.25, 0.3) is 0 Å². The molecule has 2 rings (SSSR count). The molecular weight excluding hydrogens is 228 g/mol. The first-order valence-electron chi connectivity index (χ1n) is 4.93. The van der Waals surface area contributed by atoms with Gasteiger partial charge in [0.05, 0.1) is 4.90 Å². The Kier molecular flexibility index (Phi) is 2.71. The molecule has 0 atom stereocenters. The van der Waals surface area contributed by atoms with Crippen LogP contribution in [0.3, 0.4) is 0 Å². The average Bonchev–Trinajstić information content (AvgIpc) is 2.14. The van der Waals surface area contributed by atoms with Crippen molar-refractivity contribution in [2.75, 3.05) is 6.26 Å². The summed E-state index contributed by atoms with van der Waals surface area (Å²) in [7, 11) is -3.21. The van der Waals surface area contributed by atoms with Crippen molar-refractivity contribution in [1.29, 1.82) is 0 Å². The summed E-state index contributed by atoms with van der Waals surface area (Å²) in [5.74, 6) is 0.685. The lowest BCUT2D eigenvalue weighted by Crippen LogP contribution is -2.33. The summed E-state index contributed by atoms with van der Waals surface area (Å²) in [6, 6.07) is 6.33. The summed E-state index contributed by atoms with van der Waals surface area (Å²) in [6.45, 7) is 0. The minimum Gasteiger partial charge on any atom is -0.489 e. The fourth-order valence-electron chi connectivity index (χ4n) is 1.50. The molecule has 4 nitrogen and oxygen atoms in total. The van der Waals surface area contributed by atoms with Gasteiger partial charge >= 0.3 is 0 Å². The van der Waals surface area contributed by atoms with Crippen LogP contribution in [-0.2, 0) is 14.6 Å². The Hall–Kier alpha value is -1.36. The maximum absolute atomic E-state index is 11.3. The van der Waals surface area contributed by atoms with Gasteiger partial charge in [-0.1, -0.05) is 6.07 Å². The number of ketones is 1. The molecule has 0 heterocycles. The molecule has 5 heteroatoms. The molecule has 1 aromatic carbocycles. The van der Waals surface area contributed by atoms with Gasteiger partial charge in [-0.05, 0) is 18.2 Å². The predicted octanol–water partition coefficient (Wildman–Crippen LogP) is 1.20. The zero-order chi connectivity index (χ0) is 11.8. The van der Waals surface area contributed by atoms with Crippen LogP contribution >= 0.6 is 0 Å². The van der Waals surface area contributed by atoms with Gasteiger partial charge in [0.15, 0.2) is 9.84 Å². The number of hydrogen-bond donors (Lipinski definition) is 0. The van der Waals surface area contributed by atoms with Crippen LogP contribution in [0.4, 0.5) is 0 Å². The Labute approximate surface area is 94.2 Å². The van der Waals surface area contributed by atoms with Crippen molar-refractivity contribution >= 4 is 15.6 Å². The standard InChI is InChI=1S/C11H12O4S/c1-16(13,14)11-4-2-3-9(7-11)15-10-5-8(12)6-10/h2-4,7,10H,5-6H2,1H3. The van der Waals surface area contributed by atoms with Gasteiger partial charge in [0.25, 0.3) is 0 Å². The van der Waals surface area contributed by atoms with Crippen LogP contribution in [-0.4, -0.2) is 26.6 Å². The summed E-state index contributed by atoms with van der Waals surface area (Å²) in [5, 5.41) is 0. The molecule has 0 amide bonds. The third-order valence-electron chi connectivity index (χ3n) is 2.45. The van der Waals surface area contributed by atoms with E-state index in [0.29, 0.717) is 18.6 Å². The van der Waals surface area contributed by atoms with Gasteiger partial charge in [-0.25, -0.2) is 8.42 Å². The van der Waals surface area contributed by atoms with Crippen LogP contribution in [0.1, 0.15) is 12.8 Å². The molecular formula is C11H12O4S. The molecule has 0 N–H and O–H groups in total. The maximum Gasteiger partial charge on any atom is 0.175 e. The van der Waals surface area contributed by atoms with Crippen LogP contribution in [0.2, 0.25) is 0 Å². The molecule has 0 aliphatic heterocycles. The second kappa shape index (κ2) is 3.90. The normalized spacial score (nSPS) is 16.9. The lowest BCUT2D eigenvalue weighted by Gasteiger charge is -2.25. The van der Waals surface area contributed by atoms with E-state index >= 15 is 0 Å². The van der Waals surface area contributed by atoms with Crippen molar-refractivity contribution < 1.29 is 17.9 Å². The second-order valence-corrected chi connectivity index (χ2v) is 5.95. The van der Waals surface area contributed by atoms with Gasteiger partial charge in [0, 0.05) is 19.1 Å². The largest absolute Gasteiger partial charge is 0.489 e. The monoisotopic (exact) mass is 240 g/mol. The van der Waals surface area contributed by atoms with Crippen LogP contribution in [0.5, 0.6) is 5.75 Å². The number of carbonyl (C=O) groups is 1.